The molecule has 5 atom stereocenters. The number of esters is 1. The summed E-state index contributed by atoms with van der Waals surface area (Å²) in [6.07, 6.45) is -1.45. The first-order valence-corrected chi connectivity index (χ1v) is 7.01. The van der Waals surface area contributed by atoms with Crippen LogP contribution in [0.5, 0.6) is 0 Å². The van der Waals surface area contributed by atoms with Crippen molar-refractivity contribution in [3.63, 3.8) is 0 Å². The monoisotopic (exact) mass is 306 g/mol. The summed E-state index contributed by atoms with van der Waals surface area (Å²) in [6.45, 7) is 4.94. The van der Waals surface area contributed by atoms with Gasteiger partial charge in [-0.25, -0.2) is 4.79 Å². The third kappa shape index (κ3) is 4.89. The SMILES string of the molecule is COCCOCO[C@@H]1[C@@H](C)[C@@H](OC)O[C@@H](C(=O)OC)[C@H]1C. The van der Waals surface area contributed by atoms with Crippen LogP contribution in [0.15, 0.2) is 0 Å². The molecule has 1 fully saturated rings. The molecule has 0 spiro atoms. The Morgan fingerprint density at radius 2 is 1.81 bits per heavy atom. The van der Waals surface area contributed by atoms with Crippen molar-refractivity contribution in [1.82, 2.24) is 0 Å². The van der Waals surface area contributed by atoms with Crippen LogP contribution in [0.25, 0.3) is 0 Å². The van der Waals surface area contributed by atoms with Gasteiger partial charge in [-0.1, -0.05) is 13.8 Å². The Labute approximate surface area is 125 Å². The van der Waals surface area contributed by atoms with E-state index in [1.54, 1.807) is 7.11 Å². The van der Waals surface area contributed by atoms with Gasteiger partial charge in [0.15, 0.2) is 12.4 Å². The Hall–Kier alpha value is -0.730. The first-order valence-electron chi connectivity index (χ1n) is 7.01. The maximum absolute atomic E-state index is 11.8. The van der Waals surface area contributed by atoms with E-state index in [4.69, 9.17) is 28.4 Å². The first-order chi connectivity index (χ1) is 10.1. The zero-order valence-electron chi connectivity index (χ0n) is 13.4. The lowest BCUT2D eigenvalue weighted by molar-refractivity contribution is -0.271. The maximum Gasteiger partial charge on any atom is 0.335 e. The summed E-state index contributed by atoms with van der Waals surface area (Å²) in [5.41, 5.74) is 0. The van der Waals surface area contributed by atoms with Crippen molar-refractivity contribution in [2.75, 3.05) is 41.3 Å². The third-order valence-electron chi connectivity index (χ3n) is 3.67. The van der Waals surface area contributed by atoms with Crippen LogP contribution >= 0.6 is 0 Å². The minimum atomic E-state index is -0.708. The van der Waals surface area contributed by atoms with Gasteiger partial charge < -0.3 is 28.4 Å². The third-order valence-corrected chi connectivity index (χ3v) is 3.67. The van der Waals surface area contributed by atoms with Gasteiger partial charge in [-0.3, -0.25) is 0 Å². The predicted octanol–water partition coefficient (Wildman–Crippen LogP) is 0.809. The van der Waals surface area contributed by atoms with E-state index in [0.717, 1.165) is 0 Å². The standard InChI is InChI=1S/C14H26O7/c1-9-11(20-8-19-7-6-16-3)10(2)14(18-5)21-12(9)13(15)17-4/h9-12,14H,6-8H2,1-5H3/t9-,10+,11-,12+,14-/m0/s1. The number of carbonyl (C=O) groups is 1. The van der Waals surface area contributed by atoms with Crippen molar-refractivity contribution in [2.24, 2.45) is 11.8 Å². The van der Waals surface area contributed by atoms with E-state index in [9.17, 15) is 4.79 Å². The van der Waals surface area contributed by atoms with E-state index in [1.165, 1.54) is 14.2 Å². The molecule has 1 saturated heterocycles. The zero-order chi connectivity index (χ0) is 15.8. The minimum Gasteiger partial charge on any atom is -0.467 e. The smallest absolute Gasteiger partial charge is 0.335 e. The van der Waals surface area contributed by atoms with Crippen molar-refractivity contribution in [3.8, 4) is 0 Å². The van der Waals surface area contributed by atoms with Crippen LogP contribution in [0, 0.1) is 11.8 Å². The molecule has 0 aliphatic carbocycles. The van der Waals surface area contributed by atoms with Crippen LogP contribution in [0.4, 0.5) is 0 Å². The Bertz CT molecular complexity index is 310. The number of hydrogen-bond acceptors (Lipinski definition) is 7. The second-order valence-electron chi connectivity index (χ2n) is 5.05. The molecule has 0 aromatic carbocycles. The van der Waals surface area contributed by atoms with Crippen LogP contribution in [0.2, 0.25) is 0 Å². The van der Waals surface area contributed by atoms with Crippen LogP contribution in [-0.2, 0) is 33.2 Å². The van der Waals surface area contributed by atoms with Gasteiger partial charge in [0.05, 0.1) is 26.4 Å². The molecule has 0 N–H and O–H groups in total. The highest BCUT2D eigenvalue weighted by atomic mass is 16.7. The summed E-state index contributed by atoms with van der Waals surface area (Å²) in [6, 6.07) is 0. The fourth-order valence-electron chi connectivity index (χ4n) is 2.49. The van der Waals surface area contributed by atoms with Crippen LogP contribution in [0.1, 0.15) is 13.8 Å². The summed E-state index contributed by atoms with van der Waals surface area (Å²) in [7, 11) is 4.48. The van der Waals surface area contributed by atoms with E-state index >= 15 is 0 Å². The number of ether oxygens (including phenoxy) is 6. The van der Waals surface area contributed by atoms with Crippen LogP contribution in [-0.4, -0.2) is 65.8 Å². The molecule has 0 aromatic rings. The van der Waals surface area contributed by atoms with E-state index in [-0.39, 0.29) is 24.7 Å². The summed E-state index contributed by atoms with van der Waals surface area (Å²) < 4.78 is 31.7. The average Bonchev–Trinajstić information content (AvgIpc) is 2.49. The van der Waals surface area contributed by atoms with Crippen molar-refractivity contribution < 1.29 is 33.2 Å². The molecule has 1 aliphatic heterocycles. The molecular formula is C14H26O7. The summed E-state index contributed by atoms with van der Waals surface area (Å²) in [5.74, 6) is -0.618. The molecule has 0 radical (unpaired) electrons. The molecule has 21 heavy (non-hydrogen) atoms. The van der Waals surface area contributed by atoms with E-state index < -0.39 is 18.4 Å². The molecule has 1 aliphatic rings. The molecule has 7 nitrogen and oxygen atoms in total. The highest BCUT2D eigenvalue weighted by Gasteiger charge is 2.46. The molecule has 1 rings (SSSR count). The molecule has 0 aromatic heterocycles. The predicted molar refractivity (Wildman–Crippen MR) is 73.6 cm³/mol. The lowest BCUT2D eigenvalue weighted by Crippen LogP contribution is -2.53. The van der Waals surface area contributed by atoms with Gasteiger partial charge in [0.25, 0.3) is 0 Å². The second-order valence-corrected chi connectivity index (χ2v) is 5.05. The van der Waals surface area contributed by atoms with Crippen molar-refractivity contribution >= 4 is 5.97 Å². The number of methoxy groups -OCH3 is 3. The Morgan fingerprint density at radius 1 is 1.10 bits per heavy atom. The van der Waals surface area contributed by atoms with E-state index in [2.05, 4.69) is 0 Å². The Morgan fingerprint density at radius 3 is 2.38 bits per heavy atom. The fourth-order valence-corrected chi connectivity index (χ4v) is 2.49. The van der Waals surface area contributed by atoms with E-state index in [1.807, 2.05) is 13.8 Å². The van der Waals surface area contributed by atoms with Crippen molar-refractivity contribution in [2.45, 2.75) is 32.3 Å². The normalized spacial score (nSPS) is 32.9. The highest BCUT2D eigenvalue weighted by Crippen LogP contribution is 2.33. The van der Waals surface area contributed by atoms with Gasteiger partial charge in [0, 0.05) is 26.1 Å². The van der Waals surface area contributed by atoms with Gasteiger partial charge in [-0.2, -0.15) is 0 Å². The first kappa shape index (κ1) is 18.3. The second kappa shape index (κ2) is 9.32. The van der Waals surface area contributed by atoms with Crippen LogP contribution < -0.4 is 0 Å². The molecule has 0 unspecified atom stereocenters. The minimum absolute atomic E-state index is 0.0306. The Kier molecular flexibility index (Phi) is 8.13. The number of hydrogen-bond donors (Lipinski definition) is 0. The number of rotatable bonds is 8. The van der Waals surface area contributed by atoms with Gasteiger partial charge in [0.1, 0.15) is 6.79 Å². The van der Waals surface area contributed by atoms with Gasteiger partial charge in [-0.15, -0.1) is 0 Å². The summed E-state index contributed by atoms with van der Waals surface area (Å²) in [5, 5.41) is 0. The van der Waals surface area contributed by atoms with Crippen LogP contribution in [0.3, 0.4) is 0 Å². The lowest BCUT2D eigenvalue weighted by atomic mass is 9.85. The zero-order valence-corrected chi connectivity index (χ0v) is 13.4. The highest BCUT2D eigenvalue weighted by molar-refractivity contribution is 5.75. The average molecular weight is 306 g/mol. The maximum atomic E-state index is 11.8. The van der Waals surface area contributed by atoms with E-state index in [0.29, 0.717) is 13.2 Å². The van der Waals surface area contributed by atoms with Crippen molar-refractivity contribution in [1.29, 1.82) is 0 Å². The molecule has 0 amide bonds. The summed E-state index contributed by atoms with van der Waals surface area (Å²) in [4.78, 5) is 11.8. The molecule has 0 bridgehead atoms. The molecule has 124 valence electrons. The van der Waals surface area contributed by atoms with Gasteiger partial charge >= 0.3 is 5.97 Å². The molecule has 1 heterocycles. The molecule has 0 saturated carbocycles. The van der Waals surface area contributed by atoms with Gasteiger partial charge in [0.2, 0.25) is 0 Å². The number of carbonyl (C=O) groups excluding carboxylic acids is 1. The molecule has 7 heteroatoms. The van der Waals surface area contributed by atoms with Gasteiger partial charge in [-0.05, 0) is 0 Å². The lowest BCUT2D eigenvalue weighted by Gasteiger charge is -2.42. The van der Waals surface area contributed by atoms with Crippen molar-refractivity contribution in [3.05, 3.63) is 0 Å². The quantitative estimate of drug-likeness (QED) is 0.373. The molecular weight excluding hydrogens is 280 g/mol. The summed E-state index contributed by atoms with van der Waals surface area (Å²) >= 11 is 0. The Balaban J connectivity index is 2.61. The fraction of sp³-hybridized carbons (Fsp3) is 0.929. The topological polar surface area (TPSA) is 72.5 Å². The largest absolute Gasteiger partial charge is 0.467 e.